The zero-order valence-electron chi connectivity index (χ0n) is 10.4. The van der Waals surface area contributed by atoms with E-state index in [9.17, 15) is 4.79 Å². The van der Waals surface area contributed by atoms with Gasteiger partial charge in [0.15, 0.2) is 0 Å². The van der Waals surface area contributed by atoms with Crippen molar-refractivity contribution >= 4 is 5.97 Å². The summed E-state index contributed by atoms with van der Waals surface area (Å²) in [6.07, 6.45) is 2.70. The van der Waals surface area contributed by atoms with E-state index in [0.29, 0.717) is 5.57 Å². The third-order valence-corrected chi connectivity index (χ3v) is 3.86. The minimum atomic E-state index is -0.858. The van der Waals surface area contributed by atoms with Gasteiger partial charge in [-0.3, -0.25) is 0 Å². The predicted octanol–water partition coefficient (Wildman–Crippen LogP) is 3.05. The predicted molar refractivity (Wildman–Crippen MR) is 68.2 cm³/mol. The monoisotopic (exact) mass is 230 g/mol. The zero-order chi connectivity index (χ0) is 12.6. The molecule has 2 rings (SSSR count). The Bertz CT molecular complexity index is 486. The van der Waals surface area contributed by atoms with Crippen LogP contribution in [0.4, 0.5) is 0 Å². The quantitative estimate of drug-likeness (QED) is 0.793. The number of benzene rings is 1. The van der Waals surface area contributed by atoms with Crippen molar-refractivity contribution in [3.63, 3.8) is 0 Å². The first-order valence-electron chi connectivity index (χ1n) is 6.00. The van der Waals surface area contributed by atoms with Crippen molar-refractivity contribution in [3.05, 3.63) is 46.5 Å². The fraction of sp³-hybridized carbons (Fsp3) is 0.400. The molecular formula is C15H18O2. The molecule has 0 unspecified atom stereocenters. The van der Waals surface area contributed by atoms with Gasteiger partial charge >= 0.3 is 5.97 Å². The van der Waals surface area contributed by atoms with Gasteiger partial charge in [-0.05, 0) is 61.3 Å². The second kappa shape index (κ2) is 4.36. The third kappa shape index (κ3) is 2.12. The number of hydrogen-bond donors (Lipinski definition) is 1. The van der Waals surface area contributed by atoms with Crippen molar-refractivity contribution in [3.8, 4) is 0 Å². The van der Waals surface area contributed by atoms with E-state index in [0.717, 1.165) is 19.3 Å². The first-order valence-corrected chi connectivity index (χ1v) is 6.00. The molecule has 1 aromatic carbocycles. The number of carboxylic acid groups (broad SMARTS) is 1. The van der Waals surface area contributed by atoms with Crippen LogP contribution in [-0.2, 0) is 17.6 Å². The third-order valence-electron chi connectivity index (χ3n) is 3.86. The topological polar surface area (TPSA) is 37.3 Å². The van der Waals surface area contributed by atoms with Crippen molar-refractivity contribution in [1.82, 2.24) is 0 Å². The number of carbonyl (C=O) groups is 1. The van der Waals surface area contributed by atoms with Gasteiger partial charge < -0.3 is 5.11 Å². The van der Waals surface area contributed by atoms with Crippen LogP contribution in [0, 0.1) is 19.8 Å². The molecule has 0 saturated carbocycles. The highest BCUT2D eigenvalue weighted by molar-refractivity contribution is 5.86. The number of fused-ring (bicyclic) bond motifs is 1. The van der Waals surface area contributed by atoms with Gasteiger partial charge in [0.2, 0.25) is 0 Å². The molecule has 1 aliphatic carbocycles. The van der Waals surface area contributed by atoms with Crippen LogP contribution in [-0.4, -0.2) is 11.1 Å². The molecule has 0 bridgehead atoms. The lowest BCUT2D eigenvalue weighted by Crippen LogP contribution is -2.21. The highest BCUT2D eigenvalue weighted by atomic mass is 16.4. The van der Waals surface area contributed by atoms with Gasteiger partial charge in [0, 0.05) is 5.57 Å². The van der Waals surface area contributed by atoms with E-state index < -0.39 is 5.97 Å². The van der Waals surface area contributed by atoms with Gasteiger partial charge in [0.1, 0.15) is 0 Å². The number of aryl methyl sites for hydroxylation is 2. The van der Waals surface area contributed by atoms with Crippen LogP contribution in [0.5, 0.6) is 0 Å². The minimum absolute atomic E-state index is 0.0977. The minimum Gasteiger partial charge on any atom is -0.478 e. The molecule has 1 atom stereocenters. The van der Waals surface area contributed by atoms with Gasteiger partial charge in [-0.1, -0.05) is 18.7 Å². The molecule has 90 valence electrons. The van der Waals surface area contributed by atoms with E-state index in [1.807, 2.05) is 0 Å². The Hall–Kier alpha value is -1.57. The fourth-order valence-electron chi connectivity index (χ4n) is 2.70. The molecule has 0 radical (unpaired) electrons. The van der Waals surface area contributed by atoms with Gasteiger partial charge in [-0.15, -0.1) is 0 Å². The van der Waals surface area contributed by atoms with E-state index >= 15 is 0 Å². The lowest BCUT2D eigenvalue weighted by molar-refractivity contribution is -0.133. The Kier molecular flexibility index (Phi) is 3.05. The van der Waals surface area contributed by atoms with Crippen molar-refractivity contribution < 1.29 is 9.90 Å². The van der Waals surface area contributed by atoms with E-state index in [4.69, 9.17) is 5.11 Å². The summed E-state index contributed by atoms with van der Waals surface area (Å²) in [7, 11) is 0. The summed E-state index contributed by atoms with van der Waals surface area (Å²) >= 11 is 0. The molecule has 17 heavy (non-hydrogen) atoms. The van der Waals surface area contributed by atoms with Crippen LogP contribution in [0.15, 0.2) is 24.3 Å². The molecule has 1 N–H and O–H groups in total. The van der Waals surface area contributed by atoms with Crippen LogP contribution >= 0.6 is 0 Å². The first-order chi connectivity index (χ1) is 8.00. The lowest BCUT2D eigenvalue weighted by Gasteiger charge is -2.27. The van der Waals surface area contributed by atoms with Crippen LogP contribution < -0.4 is 0 Å². The SMILES string of the molecule is C=C(C(=O)O)[C@@H]1CCc2c(C)ccc(C)c2C1. The molecule has 0 spiro atoms. The van der Waals surface area contributed by atoms with Crippen LogP contribution in [0.25, 0.3) is 0 Å². The normalized spacial score (nSPS) is 18.6. The Morgan fingerprint density at radius 1 is 1.29 bits per heavy atom. The van der Waals surface area contributed by atoms with Crippen molar-refractivity contribution in [1.29, 1.82) is 0 Å². The molecule has 0 aliphatic heterocycles. The number of rotatable bonds is 2. The second-order valence-electron chi connectivity index (χ2n) is 4.93. The summed E-state index contributed by atoms with van der Waals surface area (Å²) < 4.78 is 0. The summed E-state index contributed by atoms with van der Waals surface area (Å²) in [5.74, 6) is -0.760. The molecule has 0 heterocycles. The maximum absolute atomic E-state index is 11.0. The Balaban J connectivity index is 2.33. The maximum Gasteiger partial charge on any atom is 0.331 e. The van der Waals surface area contributed by atoms with Gasteiger partial charge in [-0.2, -0.15) is 0 Å². The zero-order valence-corrected chi connectivity index (χ0v) is 10.4. The average molecular weight is 230 g/mol. The number of carboxylic acids is 1. The molecule has 2 nitrogen and oxygen atoms in total. The summed E-state index contributed by atoms with van der Waals surface area (Å²) in [6.45, 7) is 7.93. The van der Waals surface area contributed by atoms with E-state index in [-0.39, 0.29) is 5.92 Å². The maximum atomic E-state index is 11.0. The molecule has 0 amide bonds. The lowest BCUT2D eigenvalue weighted by atomic mass is 9.77. The van der Waals surface area contributed by atoms with E-state index in [1.165, 1.54) is 22.3 Å². The Labute approximate surface area is 102 Å². The van der Waals surface area contributed by atoms with Crippen molar-refractivity contribution in [2.75, 3.05) is 0 Å². The summed E-state index contributed by atoms with van der Waals surface area (Å²) in [4.78, 5) is 11.0. The average Bonchev–Trinajstić information content (AvgIpc) is 2.32. The second-order valence-corrected chi connectivity index (χ2v) is 4.93. The highest BCUT2D eigenvalue weighted by Gasteiger charge is 2.25. The summed E-state index contributed by atoms with van der Waals surface area (Å²) in [6, 6.07) is 4.28. The Morgan fingerprint density at radius 2 is 1.88 bits per heavy atom. The van der Waals surface area contributed by atoms with Crippen molar-refractivity contribution in [2.45, 2.75) is 33.1 Å². The van der Waals surface area contributed by atoms with Crippen LogP contribution in [0.2, 0.25) is 0 Å². The van der Waals surface area contributed by atoms with Crippen molar-refractivity contribution in [2.24, 2.45) is 5.92 Å². The molecule has 2 heteroatoms. The van der Waals surface area contributed by atoms with E-state index in [1.54, 1.807) is 0 Å². The highest BCUT2D eigenvalue weighted by Crippen LogP contribution is 2.33. The first kappa shape index (κ1) is 11.9. The standard InChI is InChI=1S/C15H18O2/c1-9-4-5-10(2)14-8-12(6-7-13(9)14)11(3)15(16)17/h4-5,12H,3,6-8H2,1-2H3,(H,16,17)/t12-/m1/s1. The molecular weight excluding hydrogens is 212 g/mol. The Morgan fingerprint density at radius 3 is 2.47 bits per heavy atom. The van der Waals surface area contributed by atoms with E-state index in [2.05, 4.69) is 32.6 Å². The fourth-order valence-corrected chi connectivity index (χ4v) is 2.70. The van der Waals surface area contributed by atoms with Gasteiger partial charge in [-0.25, -0.2) is 4.79 Å². The number of hydrogen-bond acceptors (Lipinski definition) is 1. The number of aliphatic carboxylic acids is 1. The molecule has 0 aromatic heterocycles. The summed E-state index contributed by atoms with van der Waals surface area (Å²) in [5.41, 5.74) is 5.71. The smallest absolute Gasteiger partial charge is 0.331 e. The molecule has 0 fully saturated rings. The van der Waals surface area contributed by atoms with Gasteiger partial charge in [0.05, 0.1) is 0 Å². The van der Waals surface area contributed by atoms with Gasteiger partial charge in [0.25, 0.3) is 0 Å². The summed E-state index contributed by atoms with van der Waals surface area (Å²) in [5, 5.41) is 9.01. The molecule has 1 aliphatic rings. The van der Waals surface area contributed by atoms with Crippen LogP contribution in [0.3, 0.4) is 0 Å². The largest absolute Gasteiger partial charge is 0.478 e. The van der Waals surface area contributed by atoms with Crippen LogP contribution in [0.1, 0.15) is 28.7 Å². The molecule has 0 saturated heterocycles. The molecule has 1 aromatic rings.